The van der Waals surface area contributed by atoms with Gasteiger partial charge in [0.15, 0.2) is 5.78 Å². The zero-order valence-electron chi connectivity index (χ0n) is 14.1. The Morgan fingerprint density at radius 2 is 1.80 bits per heavy atom. The molecule has 0 spiro atoms. The van der Waals surface area contributed by atoms with Gasteiger partial charge in [-0.25, -0.2) is 4.79 Å². The molecule has 7 heteroatoms. The monoisotopic (exact) mass is 407 g/mol. The Kier molecular flexibility index (Phi) is 6.14. The van der Waals surface area contributed by atoms with Crippen LogP contribution in [0.5, 0.6) is 0 Å². The van der Waals surface area contributed by atoms with Crippen LogP contribution >= 0.6 is 15.9 Å². The van der Waals surface area contributed by atoms with Crippen molar-refractivity contribution in [2.75, 3.05) is 11.9 Å². The number of aryl methyl sites for hydroxylation is 1. The molecular formula is C18H18BrNO5. The Morgan fingerprint density at radius 3 is 2.36 bits per heavy atom. The van der Waals surface area contributed by atoms with E-state index in [2.05, 4.69) is 21.2 Å². The lowest BCUT2D eigenvalue weighted by Crippen LogP contribution is -2.17. The van der Waals surface area contributed by atoms with E-state index in [1.165, 1.54) is 6.92 Å². The minimum Gasteiger partial charge on any atom is -0.462 e. The van der Waals surface area contributed by atoms with Crippen molar-refractivity contribution in [3.05, 3.63) is 51.2 Å². The fourth-order valence-corrected chi connectivity index (χ4v) is 2.68. The summed E-state index contributed by atoms with van der Waals surface area (Å²) in [5, 5.41) is 2.56. The van der Waals surface area contributed by atoms with Gasteiger partial charge < -0.3 is 9.15 Å². The molecule has 0 saturated heterocycles. The van der Waals surface area contributed by atoms with Crippen LogP contribution in [0.15, 0.2) is 33.2 Å². The number of benzene rings is 1. The van der Waals surface area contributed by atoms with Crippen LogP contribution in [0.3, 0.4) is 0 Å². The second kappa shape index (κ2) is 8.11. The van der Waals surface area contributed by atoms with Crippen molar-refractivity contribution >= 4 is 39.5 Å². The van der Waals surface area contributed by atoms with Gasteiger partial charge in [-0.2, -0.15) is 0 Å². The first kappa shape index (κ1) is 18.9. The summed E-state index contributed by atoms with van der Waals surface area (Å²) in [7, 11) is 0. The SMILES string of the molecule is CCOC(=O)c1c(NC(=O)Cc2ccc(Br)cc2)oc(C)c1C(C)=O. The molecule has 2 aromatic rings. The molecule has 0 bridgehead atoms. The molecule has 0 unspecified atom stereocenters. The molecule has 0 aliphatic rings. The summed E-state index contributed by atoms with van der Waals surface area (Å²) in [5.74, 6) is -1.21. The number of amides is 1. The van der Waals surface area contributed by atoms with Crippen LogP contribution in [0.25, 0.3) is 0 Å². The summed E-state index contributed by atoms with van der Waals surface area (Å²) in [4.78, 5) is 36.3. The predicted octanol–water partition coefficient (Wildman–Crippen LogP) is 3.91. The molecule has 0 aliphatic heterocycles. The molecule has 25 heavy (non-hydrogen) atoms. The lowest BCUT2D eigenvalue weighted by atomic mass is 10.1. The van der Waals surface area contributed by atoms with E-state index in [0.717, 1.165) is 10.0 Å². The average molecular weight is 408 g/mol. The van der Waals surface area contributed by atoms with Gasteiger partial charge in [-0.15, -0.1) is 0 Å². The normalized spacial score (nSPS) is 10.4. The van der Waals surface area contributed by atoms with Crippen LogP contribution in [0.4, 0.5) is 5.88 Å². The number of halogens is 1. The third-order valence-electron chi connectivity index (χ3n) is 3.45. The Labute approximate surface area is 153 Å². The zero-order valence-corrected chi connectivity index (χ0v) is 15.7. The first-order valence-corrected chi connectivity index (χ1v) is 8.48. The van der Waals surface area contributed by atoms with E-state index >= 15 is 0 Å². The van der Waals surface area contributed by atoms with E-state index in [9.17, 15) is 14.4 Å². The van der Waals surface area contributed by atoms with Gasteiger partial charge in [0.25, 0.3) is 0 Å². The molecule has 1 amide bonds. The largest absolute Gasteiger partial charge is 0.462 e. The number of rotatable bonds is 6. The van der Waals surface area contributed by atoms with Crippen LogP contribution < -0.4 is 5.32 Å². The average Bonchev–Trinajstić information content (AvgIpc) is 2.86. The molecule has 0 fully saturated rings. The molecule has 0 radical (unpaired) electrons. The third kappa shape index (κ3) is 4.57. The third-order valence-corrected chi connectivity index (χ3v) is 3.98. The van der Waals surface area contributed by atoms with Gasteiger partial charge in [0.1, 0.15) is 11.3 Å². The Hall–Kier alpha value is -2.41. The molecule has 1 aromatic heterocycles. The smallest absolute Gasteiger partial charge is 0.344 e. The molecule has 1 N–H and O–H groups in total. The molecule has 0 aliphatic carbocycles. The number of nitrogens with one attached hydrogen (secondary N) is 1. The number of Topliss-reactive ketones (excluding diaryl/α,β-unsaturated/α-hetero) is 1. The van der Waals surface area contributed by atoms with Crippen LogP contribution in [0, 0.1) is 6.92 Å². The summed E-state index contributed by atoms with van der Waals surface area (Å²) in [6, 6.07) is 7.28. The maximum Gasteiger partial charge on any atom is 0.344 e. The van der Waals surface area contributed by atoms with E-state index < -0.39 is 5.97 Å². The fraction of sp³-hybridized carbons (Fsp3) is 0.278. The van der Waals surface area contributed by atoms with Crippen molar-refractivity contribution in [3.8, 4) is 0 Å². The molecular weight excluding hydrogens is 390 g/mol. The summed E-state index contributed by atoms with van der Waals surface area (Å²) >= 11 is 3.33. The molecule has 0 saturated carbocycles. The summed E-state index contributed by atoms with van der Waals surface area (Å²) in [6.45, 7) is 4.69. The number of anilines is 1. The van der Waals surface area contributed by atoms with Crippen LogP contribution in [-0.4, -0.2) is 24.3 Å². The van der Waals surface area contributed by atoms with E-state index in [0.29, 0.717) is 0 Å². The highest BCUT2D eigenvalue weighted by Crippen LogP contribution is 2.28. The summed E-state index contributed by atoms with van der Waals surface area (Å²) in [5.41, 5.74) is 0.877. The highest BCUT2D eigenvalue weighted by molar-refractivity contribution is 9.10. The second-order valence-corrected chi connectivity index (χ2v) is 6.28. The number of hydrogen-bond acceptors (Lipinski definition) is 5. The number of hydrogen-bond donors (Lipinski definition) is 1. The van der Waals surface area contributed by atoms with E-state index in [1.54, 1.807) is 13.8 Å². The first-order chi connectivity index (χ1) is 11.8. The van der Waals surface area contributed by atoms with Gasteiger partial charge in [-0.05, 0) is 38.5 Å². The van der Waals surface area contributed by atoms with Crippen LogP contribution in [-0.2, 0) is 16.0 Å². The van der Waals surface area contributed by atoms with Gasteiger partial charge in [-0.1, -0.05) is 28.1 Å². The van der Waals surface area contributed by atoms with Crippen molar-refractivity contribution in [2.24, 2.45) is 0 Å². The van der Waals surface area contributed by atoms with Crippen LogP contribution in [0.2, 0.25) is 0 Å². The van der Waals surface area contributed by atoms with Gasteiger partial charge in [0.2, 0.25) is 11.8 Å². The van der Waals surface area contributed by atoms with Gasteiger partial charge in [-0.3, -0.25) is 14.9 Å². The number of furan rings is 1. The first-order valence-electron chi connectivity index (χ1n) is 7.69. The molecule has 2 rings (SSSR count). The number of ether oxygens (including phenoxy) is 1. The lowest BCUT2D eigenvalue weighted by Gasteiger charge is -2.06. The second-order valence-electron chi connectivity index (χ2n) is 5.37. The minimum atomic E-state index is -0.705. The number of esters is 1. The molecule has 1 aromatic carbocycles. The Morgan fingerprint density at radius 1 is 1.16 bits per heavy atom. The standard InChI is InChI=1S/C18H18BrNO5/c1-4-24-18(23)16-15(10(2)21)11(3)25-17(16)20-14(22)9-12-5-7-13(19)8-6-12/h5-8H,4,9H2,1-3H3,(H,20,22). The summed E-state index contributed by atoms with van der Waals surface area (Å²) in [6.07, 6.45) is 0.102. The van der Waals surface area contributed by atoms with Gasteiger partial charge in [0.05, 0.1) is 18.6 Å². The molecule has 132 valence electrons. The minimum absolute atomic E-state index is 0.0454. The van der Waals surface area contributed by atoms with Crippen molar-refractivity contribution in [2.45, 2.75) is 27.2 Å². The zero-order chi connectivity index (χ0) is 18.6. The number of carbonyl (C=O) groups is 3. The van der Waals surface area contributed by atoms with Crippen LogP contribution in [0.1, 0.15) is 45.9 Å². The van der Waals surface area contributed by atoms with Crippen molar-refractivity contribution in [1.29, 1.82) is 0 Å². The molecule has 0 atom stereocenters. The highest BCUT2D eigenvalue weighted by atomic mass is 79.9. The van der Waals surface area contributed by atoms with E-state index in [-0.39, 0.29) is 47.5 Å². The van der Waals surface area contributed by atoms with E-state index in [1.807, 2.05) is 24.3 Å². The lowest BCUT2D eigenvalue weighted by molar-refractivity contribution is -0.115. The van der Waals surface area contributed by atoms with Crippen molar-refractivity contribution < 1.29 is 23.5 Å². The topological polar surface area (TPSA) is 85.6 Å². The highest BCUT2D eigenvalue weighted by Gasteiger charge is 2.28. The Bertz CT molecular complexity index is 808. The maximum atomic E-state index is 12.3. The Balaban J connectivity index is 2.27. The van der Waals surface area contributed by atoms with Gasteiger partial charge in [0, 0.05) is 4.47 Å². The van der Waals surface area contributed by atoms with Crippen molar-refractivity contribution in [1.82, 2.24) is 0 Å². The quantitative estimate of drug-likeness (QED) is 0.579. The number of ketones is 1. The van der Waals surface area contributed by atoms with E-state index in [4.69, 9.17) is 9.15 Å². The van der Waals surface area contributed by atoms with Crippen molar-refractivity contribution in [3.63, 3.8) is 0 Å². The summed E-state index contributed by atoms with van der Waals surface area (Å²) < 4.78 is 11.3. The number of carbonyl (C=O) groups excluding carboxylic acids is 3. The molecule has 6 nitrogen and oxygen atoms in total. The van der Waals surface area contributed by atoms with Gasteiger partial charge >= 0.3 is 5.97 Å². The maximum absolute atomic E-state index is 12.3. The fourth-order valence-electron chi connectivity index (χ4n) is 2.41. The predicted molar refractivity (Wildman–Crippen MR) is 95.9 cm³/mol. The molecule has 1 heterocycles.